The standard InChI is InChI=1S/C15H20ClFN2O3/c1-2-13(15(21)19-3-5-22-6-4-19)18-9-10-7-11(16)8-12(17)14(10)20/h7-8,13,18,20H,2-6,9H2,1H3. The van der Waals surface area contributed by atoms with Crippen LogP contribution in [0.4, 0.5) is 4.39 Å². The van der Waals surface area contributed by atoms with Gasteiger partial charge < -0.3 is 20.1 Å². The molecular formula is C15H20ClFN2O3. The number of hydrogen-bond acceptors (Lipinski definition) is 4. The minimum atomic E-state index is -0.767. The highest BCUT2D eigenvalue weighted by Gasteiger charge is 2.24. The summed E-state index contributed by atoms with van der Waals surface area (Å²) in [6, 6.07) is 2.15. The van der Waals surface area contributed by atoms with Gasteiger partial charge in [0.2, 0.25) is 5.91 Å². The van der Waals surface area contributed by atoms with E-state index in [1.54, 1.807) is 4.90 Å². The molecule has 0 aliphatic carbocycles. The lowest BCUT2D eigenvalue weighted by Gasteiger charge is -2.30. The molecule has 1 aliphatic heterocycles. The van der Waals surface area contributed by atoms with Crippen LogP contribution in [0.2, 0.25) is 5.02 Å². The summed E-state index contributed by atoms with van der Waals surface area (Å²) < 4.78 is 18.7. The number of benzene rings is 1. The van der Waals surface area contributed by atoms with Crippen molar-refractivity contribution in [3.05, 3.63) is 28.5 Å². The largest absolute Gasteiger partial charge is 0.505 e. The molecular weight excluding hydrogens is 311 g/mol. The molecule has 1 amide bonds. The van der Waals surface area contributed by atoms with E-state index in [0.29, 0.717) is 38.3 Å². The molecule has 1 heterocycles. The molecule has 0 bridgehead atoms. The normalized spacial score (nSPS) is 16.6. The first kappa shape index (κ1) is 17.0. The van der Waals surface area contributed by atoms with Crippen LogP contribution in [0.3, 0.4) is 0 Å². The highest BCUT2D eigenvalue weighted by molar-refractivity contribution is 6.30. The van der Waals surface area contributed by atoms with E-state index in [9.17, 15) is 14.3 Å². The number of halogens is 2. The Hall–Kier alpha value is -1.37. The third kappa shape index (κ3) is 4.09. The maximum Gasteiger partial charge on any atom is 0.239 e. The summed E-state index contributed by atoms with van der Waals surface area (Å²) in [6.07, 6.45) is 0.597. The second-order valence-electron chi connectivity index (χ2n) is 5.17. The van der Waals surface area contributed by atoms with E-state index in [4.69, 9.17) is 16.3 Å². The smallest absolute Gasteiger partial charge is 0.239 e. The highest BCUT2D eigenvalue weighted by atomic mass is 35.5. The Morgan fingerprint density at radius 2 is 2.18 bits per heavy atom. The zero-order valence-corrected chi connectivity index (χ0v) is 13.2. The molecule has 2 rings (SSSR count). The summed E-state index contributed by atoms with van der Waals surface area (Å²) >= 11 is 5.79. The van der Waals surface area contributed by atoms with Crippen molar-refractivity contribution in [2.75, 3.05) is 26.3 Å². The molecule has 1 fully saturated rings. The molecule has 5 nitrogen and oxygen atoms in total. The van der Waals surface area contributed by atoms with Crippen LogP contribution in [-0.2, 0) is 16.1 Å². The topological polar surface area (TPSA) is 61.8 Å². The lowest BCUT2D eigenvalue weighted by molar-refractivity contribution is -0.137. The van der Waals surface area contributed by atoms with Crippen molar-refractivity contribution < 1.29 is 19.0 Å². The molecule has 22 heavy (non-hydrogen) atoms. The van der Waals surface area contributed by atoms with Crippen molar-refractivity contribution in [2.45, 2.75) is 25.9 Å². The van der Waals surface area contributed by atoms with Crippen molar-refractivity contribution in [3.8, 4) is 5.75 Å². The van der Waals surface area contributed by atoms with Gasteiger partial charge in [-0.25, -0.2) is 4.39 Å². The fourth-order valence-electron chi connectivity index (χ4n) is 2.40. The fraction of sp³-hybridized carbons (Fsp3) is 0.533. The number of carbonyl (C=O) groups is 1. The lowest BCUT2D eigenvalue weighted by Crippen LogP contribution is -2.50. The SMILES string of the molecule is CCC(NCc1cc(Cl)cc(F)c1O)C(=O)N1CCOCC1. The molecule has 1 aromatic rings. The van der Waals surface area contributed by atoms with Gasteiger partial charge in [0.05, 0.1) is 19.3 Å². The predicted octanol–water partition coefficient (Wildman–Crippen LogP) is 1.91. The van der Waals surface area contributed by atoms with Gasteiger partial charge in [0, 0.05) is 30.2 Å². The number of morpholine rings is 1. The van der Waals surface area contributed by atoms with Gasteiger partial charge in [0.25, 0.3) is 0 Å². The Morgan fingerprint density at radius 1 is 1.50 bits per heavy atom. The van der Waals surface area contributed by atoms with Gasteiger partial charge in [-0.2, -0.15) is 0 Å². The average Bonchev–Trinajstić information content (AvgIpc) is 2.53. The number of rotatable bonds is 5. The minimum absolute atomic E-state index is 0.00668. The second kappa shape index (κ2) is 7.76. The highest BCUT2D eigenvalue weighted by Crippen LogP contribution is 2.25. The lowest BCUT2D eigenvalue weighted by atomic mass is 10.1. The van der Waals surface area contributed by atoms with Gasteiger partial charge in [0.1, 0.15) is 0 Å². The van der Waals surface area contributed by atoms with Crippen LogP contribution in [0.25, 0.3) is 0 Å². The third-order valence-electron chi connectivity index (χ3n) is 3.68. The Morgan fingerprint density at radius 3 is 2.82 bits per heavy atom. The first-order valence-electron chi connectivity index (χ1n) is 7.29. The Balaban J connectivity index is 2.00. The van der Waals surface area contributed by atoms with Gasteiger partial charge in [0.15, 0.2) is 11.6 Å². The number of nitrogens with one attached hydrogen (secondary N) is 1. The molecule has 0 saturated carbocycles. The number of ether oxygens (including phenoxy) is 1. The molecule has 7 heteroatoms. The predicted molar refractivity (Wildman–Crippen MR) is 81.4 cm³/mol. The first-order chi connectivity index (χ1) is 10.5. The van der Waals surface area contributed by atoms with Crippen molar-refractivity contribution in [1.29, 1.82) is 0 Å². The van der Waals surface area contributed by atoms with E-state index in [2.05, 4.69) is 5.32 Å². The molecule has 122 valence electrons. The van der Waals surface area contributed by atoms with Gasteiger partial charge in [-0.15, -0.1) is 0 Å². The molecule has 0 radical (unpaired) electrons. The maximum atomic E-state index is 13.4. The second-order valence-corrected chi connectivity index (χ2v) is 5.61. The number of hydrogen-bond donors (Lipinski definition) is 2. The molecule has 1 atom stereocenters. The van der Waals surface area contributed by atoms with E-state index in [0.717, 1.165) is 6.07 Å². The summed E-state index contributed by atoms with van der Waals surface area (Å²) in [4.78, 5) is 14.2. The van der Waals surface area contributed by atoms with Crippen LogP contribution in [-0.4, -0.2) is 48.3 Å². The van der Waals surface area contributed by atoms with Gasteiger partial charge in [-0.1, -0.05) is 18.5 Å². The van der Waals surface area contributed by atoms with Crippen LogP contribution in [0.15, 0.2) is 12.1 Å². The summed E-state index contributed by atoms with van der Waals surface area (Å²) in [6.45, 7) is 4.30. The van der Waals surface area contributed by atoms with Crippen molar-refractivity contribution in [3.63, 3.8) is 0 Å². The number of amides is 1. The fourth-order valence-corrected chi connectivity index (χ4v) is 2.63. The number of aromatic hydroxyl groups is 1. The summed E-state index contributed by atoms with van der Waals surface area (Å²) in [5.74, 6) is -1.21. The van der Waals surface area contributed by atoms with E-state index in [1.807, 2.05) is 6.92 Å². The van der Waals surface area contributed by atoms with Crippen LogP contribution in [0, 0.1) is 5.82 Å². The van der Waals surface area contributed by atoms with Gasteiger partial charge in [-0.05, 0) is 18.6 Å². The van der Waals surface area contributed by atoms with Gasteiger partial charge >= 0.3 is 0 Å². The summed E-state index contributed by atoms with van der Waals surface area (Å²) in [7, 11) is 0. The molecule has 1 unspecified atom stereocenters. The van der Waals surface area contributed by atoms with E-state index in [1.165, 1.54) is 6.07 Å². The van der Waals surface area contributed by atoms with E-state index < -0.39 is 11.6 Å². The number of carbonyl (C=O) groups excluding carboxylic acids is 1. The maximum absolute atomic E-state index is 13.4. The van der Waals surface area contributed by atoms with Crippen LogP contribution >= 0.6 is 11.6 Å². The molecule has 0 aromatic heterocycles. The monoisotopic (exact) mass is 330 g/mol. The minimum Gasteiger partial charge on any atom is -0.505 e. The van der Waals surface area contributed by atoms with E-state index >= 15 is 0 Å². The Bertz CT molecular complexity index is 536. The van der Waals surface area contributed by atoms with E-state index in [-0.39, 0.29) is 23.5 Å². The number of phenolic OH excluding ortho intramolecular Hbond substituents is 1. The quantitative estimate of drug-likeness (QED) is 0.866. The molecule has 1 aromatic carbocycles. The van der Waals surface area contributed by atoms with Gasteiger partial charge in [-0.3, -0.25) is 4.79 Å². The molecule has 0 spiro atoms. The van der Waals surface area contributed by atoms with Crippen molar-refractivity contribution >= 4 is 17.5 Å². The van der Waals surface area contributed by atoms with Crippen LogP contribution < -0.4 is 5.32 Å². The molecule has 1 saturated heterocycles. The van der Waals surface area contributed by atoms with Crippen LogP contribution in [0.1, 0.15) is 18.9 Å². The van der Waals surface area contributed by atoms with Crippen molar-refractivity contribution in [1.82, 2.24) is 10.2 Å². The summed E-state index contributed by atoms with van der Waals surface area (Å²) in [5, 5.41) is 13.0. The summed E-state index contributed by atoms with van der Waals surface area (Å²) in [5.41, 5.74) is 0.332. The Labute approximate surface area is 134 Å². The third-order valence-corrected chi connectivity index (χ3v) is 3.89. The van der Waals surface area contributed by atoms with Crippen LogP contribution in [0.5, 0.6) is 5.75 Å². The molecule has 1 aliphatic rings. The van der Waals surface area contributed by atoms with Crippen molar-refractivity contribution in [2.24, 2.45) is 0 Å². The number of phenols is 1. The zero-order chi connectivity index (χ0) is 16.1. The number of nitrogens with zero attached hydrogens (tertiary/aromatic N) is 1. The zero-order valence-electron chi connectivity index (χ0n) is 12.4. The average molecular weight is 331 g/mol. The Kier molecular flexibility index (Phi) is 5.99. The molecule has 2 N–H and O–H groups in total. The first-order valence-corrected chi connectivity index (χ1v) is 7.67.